The van der Waals surface area contributed by atoms with Gasteiger partial charge in [0.2, 0.25) is 5.91 Å². The van der Waals surface area contributed by atoms with Crippen LogP contribution in [0.2, 0.25) is 5.02 Å². The maximum absolute atomic E-state index is 13.4. The zero-order valence-corrected chi connectivity index (χ0v) is 19.0. The Morgan fingerprint density at radius 1 is 1.03 bits per heavy atom. The lowest BCUT2D eigenvalue weighted by molar-refractivity contribution is -0.118. The average Bonchev–Trinajstić information content (AvgIpc) is 3.21. The second kappa shape index (κ2) is 9.50. The molecular formula is C25H23ClN2O2S. The van der Waals surface area contributed by atoms with E-state index in [0.29, 0.717) is 23.3 Å². The lowest BCUT2D eigenvalue weighted by Crippen LogP contribution is -2.31. The van der Waals surface area contributed by atoms with Crippen LogP contribution in [0.5, 0.6) is 5.75 Å². The molecule has 4 aromatic rings. The van der Waals surface area contributed by atoms with E-state index in [0.717, 1.165) is 32.7 Å². The summed E-state index contributed by atoms with van der Waals surface area (Å²) in [5.41, 5.74) is 3.77. The molecule has 0 radical (unpaired) electrons. The first kappa shape index (κ1) is 21.3. The van der Waals surface area contributed by atoms with Crippen LogP contribution in [-0.4, -0.2) is 17.5 Å². The predicted molar refractivity (Wildman–Crippen MR) is 128 cm³/mol. The van der Waals surface area contributed by atoms with Crippen molar-refractivity contribution in [3.8, 4) is 5.75 Å². The largest absolute Gasteiger partial charge is 0.494 e. The van der Waals surface area contributed by atoms with Crippen LogP contribution >= 0.6 is 22.9 Å². The van der Waals surface area contributed by atoms with Gasteiger partial charge in [0, 0.05) is 5.02 Å². The number of nitrogens with zero attached hydrogens (tertiary/aromatic N) is 2. The molecule has 31 heavy (non-hydrogen) atoms. The predicted octanol–water partition coefficient (Wildman–Crippen LogP) is 6.43. The van der Waals surface area contributed by atoms with Crippen LogP contribution in [0.25, 0.3) is 10.2 Å². The summed E-state index contributed by atoms with van der Waals surface area (Å²) >= 11 is 7.80. The maximum Gasteiger partial charge on any atom is 0.233 e. The monoisotopic (exact) mass is 450 g/mol. The second-order valence-electron chi connectivity index (χ2n) is 7.23. The molecule has 0 unspecified atom stereocenters. The van der Waals surface area contributed by atoms with Gasteiger partial charge in [0.05, 0.1) is 29.8 Å². The molecule has 0 fully saturated rings. The van der Waals surface area contributed by atoms with Gasteiger partial charge in [-0.05, 0) is 54.8 Å². The lowest BCUT2D eigenvalue weighted by Gasteiger charge is -2.20. The molecule has 3 aromatic carbocycles. The summed E-state index contributed by atoms with van der Waals surface area (Å²) in [6.07, 6.45) is 0.287. The normalized spacial score (nSPS) is 10.9. The number of hydrogen-bond donors (Lipinski definition) is 0. The summed E-state index contributed by atoms with van der Waals surface area (Å²) in [6, 6.07) is 21.5. The van der Waals surface area contributed by atoms with E-state index in [4.69, 9.17) is 21.3 Å². The summed E-state index contributed by atoms with van der Waals surface area (Å²) in [5.74, 6) is 0.800. The molecule has 1 aromatic heterocycles. The minimum atomic E-state index is -0.00387. The standard InChI is InChI=1S/C25H23ClN2O2S/c1-3-30-20-11-9-18(10-12-20)15-23(29)28(16-19-7-5-4-6-8-19)25-27-24-17(2)21(26)13-14-22(24)31-25/h4-14H,3,15-16H2,1-2H3. The quantitative estimate of drug-likeness (QED) is 0.325. The van der Waals surface area contributed by atoms with E-state index in [-0.39, 0.29) is 12.3 Å². The molecule has 6 heteroatoms. The molecule has 0 aliphatic heterocycles. The topological polar surface area (TPSA) is 42.4 Å². The van der Waals surface area contributed by atoms with Gasteiger partial charge >= 0.3 is 0 Å². The molecule has 0 bridgehead atoms. The van der Waals surface area contributed by atoms with Crippen molar-refractivity contribution < 1.29 is 9.53 Å². The van der Waals surface area contributed by atoms with Crippen molar-refractivity contribution in [2.45, 2.75) is 26.8 Å². The Kier molecular flexibility index (Phi) is 6.54. The molecule has 158 valence electrons. The smallest absolute Gasteiger partial charge is 0.233 e. The van der Waals surface area contributed by atoms with E-state index in [1.165, 1.54) is 11.3 Å². The molecule has 1 amide bonds. The molecule has 1 heterocycles. The Balaban J connectivity index is 1.65. The van der Waals surface area contributed by atoms with Crippen molar-refractivity contribution in [3.05, 3.63) is 88.4 Å². The minimum Gasteiger partial charge on any atom is -0.494 e. The zero-order valence-electron chi connectivity index (χ0n) is 17.5. The zero-order chi connectivity index (χ0) is 21.8. The van der Waals surface area contributed by atoms with Gasteiger partial charge in [0.25, 0.3) is 0 Å². The molecule has 0 saturated heterocycles. The number of ether oxygens (including phenoxy) is 1. The van der Waals surface area contributed by atoms with Crippen molar-refractivity contribution in [1.82, 2.24) is 4.98 Å². The van der Waals surface area contributed by atoms with Gasteiger partial charge in [-0.1, -0.05) is 65.4 Å². The van der Waals surface area contributed by atoms with Gasteiger partial charge in [-0.15, -0.1) is 0 Å². The maximum atomic E-state index is 13.4. The fourth-order valence-electron chi connectivity index (χ4n) is 3.37. The highest BCUT2D eigenvalue weighted by atomic mass is 35.5. The van der Waals surface area contributed by atoms with Crippen LogP contribution in [0.3, 0.4) is 0 Å². The number of carbonyl (C=O) groups is 1. The molecule has 0 atom stereocenters. The number of benzene rings is 3. The Bertz CT molecular complexity index is 1190. The first-order valence-electron chi connectivity index (χ1n) is 10.2. The SMILES string of the molecule is CCOc1ccc(CC(=O)N(Cc2ccccc2)c2nc3c(C)c(Cl)ccc3s2)cc1. The third-order valence-electron chi connectivity index (χ3n) is 5.04. The van der Waals surface area contributed by atoms with E-state index < -0.39 is 0 Å². The Morgan fingerprint density at radius 3 is 2.48 bits per heavy atom. The molecule has 0 aliphatic rings. The second-order valence-corrected chi connectivity index (χ2v) is 8.65. The van der Waals surface area contributed by atoms with Crippen LogP contribution in [-0.2, 0) is 17.8 Å². The van der Waals surface area contributed by atoms with Crippen LogP contribution in [0.1, 0.15) is 23.6 Å². The average molecular weight is 451 g/mol. The van der Waals surface area contributed by atoms with Crippen LogP contribution in [0.15, 0.2) is 66.7 Å². The van der Waals surface area contributed by atoms with Crippen molar-refractivity contribution >= 4 is 44.2 Å². The number of anilines is 1. The number of hydrogen-bond acceptors (Lipinski definition) is 4. The Morgan fingerprint density at radius 2 is 1.77 bits per heavy atom. The molecule has 4 rings (SSSR count). The number of thiazole rings is 1. The third-order valence-corrected chi connectivity index (χ3v) is 6.49. The first-order valence-corrected chi connectivity index (χ1v) is 11.4. The van der Waals surface area contributed by atoms with Crippen LogP contribution in [0, 0.1) is 6.92 Å². The third kappa shape index (κ3) is 4.89. The van der Waals surface area contributed by atoms with Crippen molar-refractivity contribution in [1.29, 1.82) is 0 Å². The summed E-state index contributed by atoms with van der Waals surface area (Å²) in [7, 11) is 0. The summed E-state index contributed by atoms with van der Waals surface area (Å²) in [6.45, 7) is 4.98. The van der Waals surface area contributed by atoms with Crippen molar-refractivity contribution in [2.24, 2.45) is 0 Å². The summed E-state index contributed by atoms with van der Waals surface area (Å²) in [5, 5.41) is 1.36. The van der Waals surface area contributed by atoms with Gasteiger partial charge in [0.1, 0.15) is 5.75 Å². The van der Waals surface area contributed by atoms with E-state index >= 15 is 0 Å². The van der Waals surface area contributed by atoms with Crippen molar-refractivity contribution in [3.63, 3.8) is 0 Å². The number of aromatic nitrogens is 1. The fraction of sp³-hybridized carbons (Fsp3) is 0.200. The summed E-state index contributed by atoms with van der Waals surface area (Å²) in [4.78, 5) is 19.9. The number of fused-ring (bicyclic) bond motifs is 1. The van der Waals surface area contributed by atoms with Crippen molar-refractivity contribution in [2.75, 3.05) is 11.5 Å². The van der Waals surface area contributed by atoms with Gasteiger partial charge in [-0.2, -0.15) is 0 Å². The van der Waals surface area contributed by atoms with Crippen LogP contribution in [0.4, 0.5) is 5.13 Å². The molecule has 0 aliphatic carbocycles. The molecule has 4 nitrogen and oxygen atoms in total. The molecule has 0 spiro atoms. The number of rotatable bonds is 7. The molecular weight excluding hydrogens is 428 g/mol. The highest BCUT2D eigenvalue weighted by molar-refractivity contribution is 7.22. The number of amides is 1. The van der Waals surface area contributed by atoms with Gasteiger partial charge in [-0.3, -0.25) is 9.69 Å². The van der Waals surface area contributed by atoms with Crippen LogP contribution < -0.4 is 9.64 Å². The highest BCUT2D eigenvalue weighted by Gasteiger charge is 2.21. The first-order chi connectivity index (χ1) is 15.0. The fourth-order valence-corrected chi connectivity index (χ4v) is 4.57. The minimum absolute atomic E-state index is 0.00387. The van der Waals surface area contributed by atoms with E-state index in [9.17, 15) is 4.79 Å². The molecule has 0 saturated carbocycles. The lowest BCUT2D eigenvalue weighted by atomic mass is 10.1. The number of aryl methyl sites for hydroxylation is 1. The summed E-state index contributed by atoms with van der Waals surface area (Å²) < 4.78 is 6.52. The van der Waals surface area contributed by atoms with Gasteiger partial charge in [0.15, 0.2) is 5.13 Å². The van der Waals surface area contributed by atoms with Gasteiger partial charge in [-0.25, -0.2) is 4.98 Å². The van der Waals surface area contributed by atoms with E-state index in [1.54, 1.807) is 4.90 Å². The number of halogens is 1. The molecule has 0 N–H and O–H groups in total. The Labute approximate surface area is 191 Å². The van der Waals surface area contributed by atoms with E-state index in [2.05, 4.69) is 0 Å². The van der Waals surface area contributed by atoms with Gasteiger partial charge < -0.3 is 4.74 Å². The highest BCUT2D eigenvalue weighted by Crippen LogP contribution is 2.34. The Hall–Kier alpha value is -2.89. The van der Waals surface area contributed by atoms with E-state index in [1.807, 2.05) is 80.6 Å². The number of carbonyl (C=O) groups excluding carboxylic acids is 1.